The third kappa shape index (κ3) is 2.63. The molecule has 0 radical (unpaired) electrons. The van der Waals surface area contributed by atoms with E-state index in [0.29, 0.717) is 0 Å². The van der Waals surface area contributed by atoms with Gasteiger partial charge in [0.15, 0.2) is 0 Å². The fourth-order valence-corrected chi connectivity index (χ4v) is 2.99. The Balaban J connectivity index is 1.96. The van der Waals surface area contributed by atoms with Crippen LogP contribution >= 0.6 is 0 Å². The molecule has 3 atom stereocenters. The first kappa shape index (κ1) is 12.8. The summed E-state index contributed by atoms with van der Waals surface area (Å²) >= 11 is 0. The summed E-state index contributed by atoms with van der Waals surface area (Å²) in [7, 11) is 0. The Kier molecular flexibility index (Phi) is 4.05. The molecule has 2 N–H and O–H groups in total. The average molecular weight is 240 g/mol. The molecule has 0 aliphatic carbocycles. The van der Waals surface area contributed by atoms with Gasteiger partial charge in [-0.15, -0.1) is 0 Å². The largest absolute Gasteiger partial charge is 0.376 e. The van der Waals surface area contributed by atoms with Gasteiger partial charge in [-0.05, 0) is 32.7 Å². The van der Waals surface area contributed by atoms with Crippen molar-refractivity contribution in [2.45, 2.75) is 51.7 Å². The summed E-state index contributed by atoms with van der Waals surface area (Å²) < 4.78 is 5.49. The summed E-state index contributed by atoms with van der Waals surface area (Å²) in [6.45, 7) is 6.75. The molecular weight excluding hydrogens is 216 g/mol. The van der Waals surface area contributed by atoms with Gasteiger partial charge in [-0.3, -0.25) is 4.79 Å². The van der Waals surface area contributed by atoms with Gasteiger partial charge in [0, 0.05) is 13.2 Å². The third-order valence-corrected chi connectivity index (χ3v) is 4.15. The van der Waals surface area contributed by atoms with Crippen molar-refractivity contribution < 1.29 is 9.53 Å². The monoisotopic (exact) mass is 240 g/mol. The molecule has 0 bridgehead atoms. The Labute approximate surface area is 103 Å². The summed E-state index contributed by atoms with van der Waals surface area (Å²) in [5, 5.41) is 6.52. The molecule has 0 aromatic rings. The fraction of sp³-hybridized carbons (Fsp3) is 0.923. The summed E-state index contributed by atoms with van der Waals surface area (Å²) in [4.78, 5) is 12.5. The molecule has 2 rings (SSSR count). The highest BCUT2D eigenvalue weighted by atomic mass is 16.5. The van der Waals surface area contributed by atoms with Crippen LogP contribution in [0.25, 0.3) is 0 Å². The van der Waals surface area contributed by atoms with Crippen LogP contribution in [0.15, 0.2) is 0 Å². The summed E-state index contributed by atoms with van der Waals surface area (Å²) in [6.07, 6.45) is 4.11. The summed E-state index contributed by atoms with van der Waals surface area (Å²) in [5.41, 5.74) is -0.170. The van der Waals surface area contributed by atoms with E-state index in [-0.39, 0.29) is 23.5 Å². The van der Waals surface area contributed by atoms with Crippen molar-refractivity contribution in [3.63, 3.8) is 0 Å². The summed E-state index contributed by atoms with van der Waals surface area (Å²) in [6, 6.07) is 0.205. The van der Waals surface area contributed by atoms with E-state index in [4.69, 9.17) is 4.74 Å². The number of carbonyl (C=O) groups is 1. The molecule has 17 heavy (non-hydrogen) atoms. The van der Waals surface area contributed by atoms with E-state index < -0.39 is 0 Å². The van der Waals surface area contributed by atoms with Crippen molar-refractivity contribution in [1.82, 2.24) is 10.6 Å². The van der Waals surface area contributed by atoms with Gasteiger partial charge in [-0.2, -0.15) is 0 Å². The van der Waals surface area contributed by atoms with Crippen LogP contribution in [0.4, 0.5) is 0 Å². The van der Waals surface area contributed by atoms with Gasteiger partial charge in [0.2, 0.25) is 5.91 Å². The standard InChI is InChI=1S/C13H24N2O2/c1-3-5-13(6-7-14-9-13)12(16)15-11-4-8-17-10(11)2/h10-11,14H,3-9H2,1-2H3,(H,15,16). The molecule has 0 aromatic heterocycles. The maximum atomic E-state index is 12.5. The second-order valence-electron chi connectivity index (χ2n) is 5.40. The minimum absolute atomic E-state index is 0.159. The molecule has 2 aliphatic rings. The topological polar surface area (TPSA) is 50.4 Å². The number of rotatable bonds is 4. The zero-order valence-electron chi connectivity index (χ0n) is 10.9. The van der Waals surface area contributed by atoms with E-state index in [1.54, 1.807) is 0 Å². The van der Waals surface area contributed by atoms with Crippen LogP contribution < -0.4 is 10.6 Å². The average Bonchev–Trinajstić information content (AvgIpc) is 2.91. The van der Waals surface area contributed by atoms with Crippen molar-refractivity contribution in [3.8, 4) is 0 Å². The molecule has 4 heteroatoms. The Morgan fingerprint density at radius 3 is 2.94 bits per heavy atom. The van der Waals surface area contributed by atoms with Crippen LogP contribution in [-0.4, -0.2) is 37.7 Å². The lowest BCUT2D eigenvalue weighted by Crippen LogP contribution is -2.48. The zero-order valence-corrected chi connectivity index (χ0v) is 10.9. The molecule has 1 amide bonds. The Morgan fingerprint density at radius 2 is 2.41 bits per heavy atom. The maximum absolute atomic E-state index is 12.5. The van der Waals surface area contributed by atoms with E-state index in [9.17, 15) is 4.79 Å². The second-order valence-corrected chi connectivity index (χ2v) is 5.40. The lowest BCUT2D eigenvalue weighted by atomic mass is 9.81. The Morgan fingerprint density at radius 1 is 1.59 bits per heavy atom. The van der Waals surface area contributed by atoms with E-state index in [1.165, 1.54) is 0 Å². The van der Waals surface area contributed by atoms with Gasteiger partial charge in [0.25, 0.3) is 0 Å². The highest BCUT2D eigenvalue weighted by molar-refractivity contribution is 5.83. The molecule has 3 unspecified atom stereocenters. The lowest BCUT2D eigenvalue weighted by molar-refractivity contribution is -0.131. The van der Waals surface area contributed by atoms with Crippen LogP contribution in [0.5, 0.6) is 0 Å². The van der Waals surface area contributed by atoms with Crippen LogP contribution in [-0.2, 0) is 9.53 Å². The first-order valence-corrected chi connectivity index (χ1v) is 6.81. The predicted molar refractivity (Wildman–Crippen MR) is 66.8 cm³/mol. The van der Waals surface area contributed by atoms with E-state index >= 15 is 0 Å². The molecule has 2 saturated heterocycles. The molecule has 0 spiro atoms. The van der Waals surface area contributed by atoms with E-state index in [0.717, 1.165) is 45.4 Å². The zero-order chi connectivity index (χ0) is 12.3. The normalized spacial score (nSPS) is 37.3. The quantitative estimate of drug-likeness (QED) is 0.772. The third-order valence-electron chi connectivity index (χ3n) is 4.15. The molecule has 2 aliphatic heterocycles. The van der Waals surface area contributed by atoms with Crippen molar-refractivity contribution >= 4 is 5.91 Å². The molecule has 2 fully saturated rings. The minimum Gasteiger partial charge on any atom is -0.376 e. The van der Waals surface area contributed by atoms with Crippen LogP contribution in [0.2, 0.25) is 0 Å². The van der Waals surface area contributed by atoms with Gasteiger partial charge < -0.3 is 15.4 Å². The number of hydrogen-bond donors (Lipinski definition) is 2. The Hall–Kier alpha value is -0.610. The molecular formula is C13H24N2O2. The number of hydrogen-bond acceptors (Lipinski definition) is 3. The van der Waals surface area contributed by atoms with Gasteiger partial charge in [0.05, 0.1) is 17.6 Å². The highest BCUT2D eigenvalue weighted by Gasteiger charge is 2.41. The lowest BCUT2D eigenvalue weighted by Gasteiger charge is -2.29. The molecule has 0 aromatic carbocycles. The minimum atomic E-state index is -0.170. The van der Waals surface area contributed by atoms with Crippen molar-refractivity contribution in [2.24, 2.45) is 5.41 Å². The smallest absolute Gasteiger partial charge is 0.227 e. The van der Waals surface area contributed by atoms with Crippen molar-refractivity contribution in [1.29, 1.82) is 0 Å². The van der Waals surface area contributed by atoms with Crippen molar-refractivity contribution in [3.05, 3.63) is 0 Å². The predicted octanol–water partition coefficient (Wildman–Crippen LogP) is 1.06. The number of carbonyl (C=O) groups excluding carboxylic acids is 1. The maximum Gasteiger partial charge on any atom is 0.227 e. The molecule has 4 nitrogen and oxygen atoms in total. The van der Waals surface area contributed by atoms with Gasteiger partial charge >= 0.3 is 0 Å². The van der Waals surface area contributed by atoms with Crippen molar-refractivity contribution in [2.75, 3.05) is 19.7 Å². The number of ether oxygens (including phenoxy) is 1. The van der Waals surface area contributed by atoms with Gasteiger partial charge in [0.1, 0.15) is 0 Å². The fourth-order valence-electron chi connectivity index (χ4n) is 2.99. The second kappa shape index (κ2) is 5.36. The number of nitrogens with one attached hydrogen (secondary N) is 2. The van der Waals surface area contributed by atoms with Crippen LogP contribution in [0.3, 0.4) is 0 Å². The Bertz CT molecular complexity index is 275. The first-order chi connectivity index (χ1) is 8.18. The van der Waals surface area contributed by atoms with Crippen LogP contribution in [0.1, 0.15) is 39.5 Å². The SMILES string of the molecule is CCCC1(C(=O)NC2CCOC2C)CCNC1. The molecule has 2 heterocycles. The number of amides is 1. The molecule has 98 valence electrons. The van der Waals surface area contributed by atoms with Gasteiger partial charge in [-0.25, -0.2) is 0 Å². The highest BCUT2D eigenvalue weighted by Crippen LogP contribution is 2.32. The summed E-state index contributed by atoms with van der Waals surface area (Å²) in [5.74, 6) is 0.228. The first-order valence-electron chi connectivity index (χ1n) is 6.81. The van der Waals surface area contributed by atoms with E-state index in [2.05, 4.69) is 17.6 Å². The molecule has 0 saturated carbocycles. The van der Waals surface area contributed by atoms with E-state index in [1.807, 2.05) is 6.92 Å². The van der Waals surface area contributed by atoms with Gasteiger partial charge in [-0.1, -0.05) is 13.3 Å². The van der Waals surface area contributed by atoms with Crippen LogP contribution in [0, 0.1) is 5.41 Å².